The molecule has 0 spiro atoms. The van der Waals surface area contributed by atoms with Crippen molar-refractivity contribution in [2.24, 2.45) is 10.7 Å². The second-order valence-corrected chi connectivity index (χ2v) is 4.74. The lowest BCUT2D eigenvalue weighted by atomic mass is 10.1. The maximum atomic E-state index is 11.5. The molecule has 0 unspecified atom stereocenters. The van der Waals surface area contributed by atoms with E-state index in [1.54, 1.807) is 19.0 Å². The Morgan fingerprint density at radius 2 is 1.80 bits per heavy atom. The van der Waals surface area contributed by atoms with Crippen molar-refractivity contribution in [3.05, 3.63) is 0 Å². The first-order chi connectivity index (χ1) is 9.61. The normalized spacial score (nSPS) is 11.2. The van der Waals surface area contributed by atoms with E-state index < -0.39 is 0 Å². The largest absolute Gasteiger partial charge is 0.464 e. The van der Waals surface area contributed by atoms with Gasteiger partial charge in [0.05, 0.1) is 6.61 Å². The number of esters is 1. The van der Waals surface area contributed by atoms with Crippen molar-refractivity contribution >= 4 is 18.2 Å². The summed E-state index contributed by atoms with van der Waals surface area (Å²) < 4.78 is 5.11. The second-order valence-electron chi connectivity index (χ2n) is 4.74. The Morgan fingerprint density at radius 3 is 2.40 bits per heavy atom. The summed E-state index contributed by atoms with van der Waals surface area (Å²) >= 11 is 0. The Bertz CT molecular complexity index is 306. The van der Waals surface area contributed by atoms with Crippen LogP contribution in [0.25, 0.3) is 0 Å². The minimum absolute atomic E-state index is 0.120. The molecule has 0 aliphatic rings. The summed E-state index contributed by atoms with van der Waals surface area (Å²) in [5, 5.41) is 0. The van der Waals surface area contributed by atoms with E-state index in [1.165, 1.54) is 0 Å². The van der Waals surface area contributed by atoms with Gasteiger partial charge >= 0.3 is 5.97 Å². The number of nitrogens with two attached hydrogens (primary N) is 1. The quantitative estimate of drug-likeness (QED) is 0.203. The Hall–Kier alpha value is -1.59. The number of likely N-dealkylation sites (N-methyl/N-ethyl adjacent to an activating group) is 1. The maximum Gasteiger partial charge on any atom is 0.325 e. The summed E-state index contributed by atoms with van der Waals surface area (Å²) in [5.74, 6) is 0.0300. The molecule has 2 N–H and O–H groups in total. The lowest BCUT2D eigenvalue weighted by Crippen LogP contribution is -2.38. The summed E-state index contributed by atoms with van der Waals surface area (Å²) in [6.07, 6.45) is 7.87. The van der Waals surface area contributed by atoms with Gasteiger partial charge in [0.1, 0.15) is 12.8 Å². The lowest BCUT2D eigenvalue weighted by molar-refractivity contribution is -0.143. The lowest BCUT2D eigenvalue weighted by Gasteiger charge is -2.16. The first kappa shape index (κ1) is 18.4. The van der Waals surface area contributed by atoms with E-state index in [9.17, 15) is 9.59 Å². The highest BCUT2D eigenvalue weighted by Crippen LogP contribution is 2.06. The van der Waals surface area contributed by atoms with Gasteiger partial charge in [-0.3, -0.25) is 9.79 Å². The van der Waals surface area contributed by atoms with Gasteiger partial charge in [-0.1, -0.05) is 25.7 Å². The zero-order valence-electron chi connectivity index (χ0n) is 12.6. The highest BCUT2D eigenvalue weighted by Gasteiger charge is 2.08. The molecule has 0 rings (SSSR count). The van der Waals surface area contributed by atoms with Gasteiger partial charge in [0.15, 0.2) is 5.96 Å². The number of carbonyl (C=O) groups excluding carboxylic acids is 2. The minimum atomic E-state index is -0.287. The smallest absolute Gasteiger partial charge is 0.325 e. The van der Waals surface area contributed by atoms with Crippen LogP contribution in [0.15, 0.2) is 4.99 Å². The van der Waals surface area contributed by atoms with Gasteiger partial charge < -0.3 is 20.2 Å². The third kappa shape index (κ3) is 10.3. The van der Waals surface area contributed by atoms with Gasteiger partial charge in [-0.2, -0.15) is 0 Å². The molecule has 0 atom stereocenters. The molecule has 0 saturated carbocycles. The van der Waals surface area contributed by atoms with Crippen LogP contribution in [0.2, 0.25) is 0 Å². The van der Waals surface area contributed by atoms with Crippen LogP contribution in [0.1, 0.15) is 44.9 Å². The van der Waals surface area contributed by atoms with E-state index in [-0.39, 0.29) is 12.5 Å². The van der Waals surface area contributed by atoms with E-state index in [2.05, 4.69) is 4.99 Å². The molecule has 0 amide bonds. The number of hydrogen-bond donors (Lipinski definition) is 1. The topological polar surface area (TPSA) is 85.0 Å². The Morgan fingerprint density at radius 1 is 1.20 bits per heavy atom. The van der Waals surface area contributed by atoms with Crippen LogP contribution in [0.4, 0.5) is 0 Å². The van der Waals surface area contributed by atoms with Gasteiger partial charge in [-0.15, -0.1) is 0 Å². The van der Waals surface area contributed by atoms with Crippen LogP contribution in [0.5, 0.6) is 0 Å². The highest BCUT2D eigenvalue weighted by atomic mass is 16.5. The molecule has 0 aliphatic heterocycles. The van der Waals surface area contributed by atoms with E-state index >= 15 is 0 Å². The molecule has 6 heteroatoms. The van der Waals surface area contributed by atoms with E-state index in [0.717, 1.165) is 44.8 Å². The molecular formula is C14H27N3O3. The zero-order chi connectivity index (χ0) is 15.2. The number of rotatable bonds is 11. The zero-order valence-corrected chi connectivity index (χ0v) is 12.6. The fourth-order valence-electron chi connectivity index (χ4n) is 1.71. The number of nitrogens with zero attached hydrogens (tertiary/aromatic N) is 2. The number of aldehydes is 1. The molecule has 0 aromatic heterocycles. The standard InChI is InChI=1S/C14H27N3O3/c1-16-14(15)17(2)12-13(19)20-11-9-7-5-3-4-6-8-10-18/h10H,3-9,11-12H2,1-2H3,(H2,15,16). The van der Waals surface area contributed by atoms with Crippen molar-refractivity contribution < 1.29 is 14.3 Å². The molecular weight excluding hydrogens is 258 g/mol. The van der Waals surface area contributed by atoms with Crippen molar-refractivity contribution in [1.82, 2.24) is 4.90 Å². The number of aliphatic imine (C=N–C) groups is 1. The first-order valence-corrected chi connectivity index (χ1v) is 7.14. The summed E-state index contributed by atoms with van der Waals surface area (Å²) in [7, 11) is 3.27. The van der Waals surface area contributed by atoms with Crippen LogP contribution in [0, 0.1) is 0 Å². The van der Waals surface area contributed by atoms with Crippen molar-refractivity contribution in [3.63, 3.8) is 0 Å². The molecule has 0 bridgehead atoms. The van der Waals surface area contributed by atoms with Crippen LogP contribution in [0.3, 0.4) is 0 Å². The number of carbonyl (C=O) groups is 2. The molecule has 6 nitrogen and oxygen atoms in total. The SMILES string of the molecule is CN=C(N)N(C)CC(=O)OCCCCCCCCC=O. The molecule has 0 aromatic rings. The monoisotopic (exact) mass is 285 g/mol. The Labute approximate surface area is 121 Å². The average Bonchev–Trinajstić information content (AvgIpc) is 2.44. The molecule has 116 valence electrons. The number of unbranched alkanes of at least 4 members (excludes halogenated alkanes) is 6. The van der Waals surface area contributed by atoms with E-state index in [0.29, 0.717) is 19.0 Å². The molecule has 0 radical (unpaired) electrons. The Balaban J connectivity index is 3.42. The number of hydrogen-bond acceptors (Lipinski definition) is 4. The molecule has 0 aliphatic carbocycles. The summed E-state index contributed by atoms with van der Waals surface area (Å²) in [4.78, 5) is 26.9. The van der Waals surface area contributed by atoms with Gasteiger partial charge in [-0.05, 0) is 12.8 Å². The van der Waals surface area contributed by atoms with Gasteiger partial charge in [0.25, 0.3) is 0 Å². The van der Waals surface area contributed by atoms with Crippen LogP contribution < -0.4 is 5.73 Å². The molecule has 20 heavy (non-hydrogen) atoms. The van der Waals surface area contributed by atoms with Crippen molar-refractivity contribution in [1.29, 1.82) is 0 Å². The summed E-state index contributed by atoms with van der Waals surface area (Å²) in [5.41, 5.74) is 5.56. The fourth-order valence-corrected chi connectivity index (χ4v) is 1.71. The van der Waals surface area contributed by atoms with Crippen LogP contribution in [-0.2, 0) is 14.3 Å². The maximum absolute atomic E-state index is 11.5. The van der Waals surface area contributed by atoms with Crippen LogP contribution >= 0.6 is 0 Å². The second kappa shape index (κ2) is 12.4. The summed E-state index contributed by atoms with van der Waals surface area (Å²) in [6, 6.07) is 0. The molecule has 0 fully saturated rings. The third-order valence-corrected chi connectivity index (χ3v) is 2.97. The highest BCUT2D eigenvalue weighted by molar-refractivity contribution is 5.82. The number of guanidine groups is 1. The fraction of sp³-hybridized carbons (Fsp3) is 0.786. The average molecular weight is 285 g/mol. The predicted molar refractivity (Wildman–Crippen MR) is 79.5 cm³/mol. The minimum Gasteiger partial charge on any atom is -0.464 e. The van der Waals surface area contributed by atoms with Gasteiger partial charge in [-0.25, -0.2) is 0 Å². The third-order valence-electron chi connectivity index (χ3n) is 2.97. The van der Waals surface area contributed by atoms with Crippen molar-refractivity contribution in [2.45, 2.75) is 44.9 Å². The Kier molecular flexibility index (Phi) is 11.5. The molecule has 0 aromatic carbocycles. The molecule has 0 heterocycles. The van der Waals surface area contributed by atoms with Crippen molar-refractivity contribution in [2.75, 3.05) is 27.2 Å². The first-order valence-electron chi connectivity index (χ1n) is 7.14. The van der Waals surface area contributed by atoms with Crippen molar-refractivity contribution in [3.8, 4) is 0 Å². The summed E-state index contributed by atoms with van der Waals surface area (Å²) in [6.45, 7) is 0.569. The van der Waals surface area contributed by atoms with Gasteiger partial charge in [0.2, 0.25) is 0 Å². The molecule has 0 saturated heterocycles. The van der Waals surface area contributed by atoms with Crippen LogP contribution in [-0.4, -0.2) is 50.4 Å². The van der Waals surface area contributed by atoms with Gasteiger partial charge in [0, 0.05) is 20.5 Å². The van der Waals surface area contributed by atoms with E-state index in [1.807, 2.05) is 0 Å². The van der Waals surface area contributed by atoms with E-state index in [4.69, 9.17) is 10.5 Å². The number of ether oxygens (including phenoxy) is 1. The predicted octanol–water partition coefficient (Wildman–Crippen LogP) is 1.34.